The van der Waals surface area contributed by atoms with Crippen LogP contribution in [0.2, 0.25) is 0 Å². The van der Waals surface area contributed by atoms with Crippen molar-refractivity contribution in [3.63, 3.8) is 0 Å². The van der Waals surface area contributed by atoms with Crippen LogP contribution in [0.15, 0.2) is 102 Å². The van der Waals surface area contributed by atoms with Crippen LogP contribution in [-0.2, 0) is 33.4 Å². The number of nitrogens with one attached hydrogen (secondary N) is 7. The Morgan fingerprint density at radius 2 is 0.986 bits per heavy atom. The smallest absolute Gasteiger partial charge is 0.302 e. The van der Waals surface area contributed by atoms with Crippen molar-refractivity contribution in [1.29, 1.82) is 0 Å². The van der Waals surface area contributed by atoms with Crippen molar-refractivity contribution in [3.05, 3.63) is 97.1 Å². The number of nitrogen functional groups attached to an aromatic ring is 3. The predicted octanol–water partition coefficient (Wildman–Crippen LogP) is 8.13. The van der Waals surface area contributed by atoms with Crippen molar-refractivity contribution in [2.24, 2.45) is 10.7 Å². The molecule has 6 rings (SSSR count). The number of aromatic nitrogens is 4. The molecule has 15 N–H and O–H groups in total. The number of anilines is 6. The summed E-state index contributed by atoms with van der Waals surface area (Å²) >= 11 is 9.06. The Labute approximate surface area is 451 Å². The monoisotopic (exact) mass is 1070 g/mol. The number of thiocarbonyl (C=S) groups is 2. The first-order valence-electron chi connectivity index (χ1n) is 21.8. The molecule has 1 amide bonds. The highest BCUT2D eigenvalue weighted by atomic mass is 32.1. The molecule has 2 aromatic heterocycles. The molecule has 0 unspecified atom stereocenters. The van der Waals surface area contributed by atoms with Crippen LogP contribution < -0.4 is 49.5 Å². The molecule has 412 valence electrons. The SMILES string of the molecule is C.C.CCN.CCNC(C)=O.CN=C=S.CNC(=S)Nc1ccccc1N.CNc1nc2ccccc2[nH]1.CNc1nc2ccccc2[nH]1.COC(C)=O.COC(C)=O.COC(C)=O.Nc1ccccc1N.[2H]C#C. The molecule has 0 saturated carbocycles. The molecular formula is C51H84N14O7S2. The summed E-state index contributed by atoms with van der Waals surface area (Å²) in [6.45, 7) is 10.9. The van der Waals surface area contributed by atoms with Crippen LogP contribution in [0.4, 0.5) is 34.6 Å². The molecule has 0 saturated heterocycles. The zero-order valence-corrected chi connectivity index (χ0v) is 45.2. The molecule has 74 heavy (non-hydrogen) atoms. The van der Waals surface area contributed by atoms with Gasteiger partial charge in [-0.3, -0.25) is 19.2 Å². The Balaban J connectivity index is -0.000000140. The highest BCUT2D eigenvalue weighted by Crippen LogP contribution is 2.16. The summed E-state index contributed by atoms with van der Waals surface area (Å²) in [5.74, 6) is 0.926. The Hall–Kier alpha value is -8.29. The number of rotatable bonds is 4. The summed E-state index contributed by atoms with van der Waals surface area (Å²) in [5, 5.41) is 16.9. The molecule has 0 aliphatic heterocycles. The second-order valence-corrected chi connectivity index (χ2v) is 13.1. The highest BCUT2D eigenvalue weighted by molar-refractivity contribution is 7.80. The summed E-state index contributed by atoms with van der Waals surface area (Å²) in [6, 6.07) is 30.6. The van der Waals surface area contributed by atoms with Crippen LogP contribution in [0.5, 0.6) is 0 Å². The average molecular weight is 1070 g/mol. The van der Waals surface area contributed by atoms with E-state index < -0.39 is 0 Å². The number of methoxy groups -OCH3 is 3. The van der Waals surface area contributed by atoms with Gasteiger partial charge in [-0.15, -0.1) is 12.8 Å². The first-order chi connectivity index (χ1) is 34.7. The highest BCUT2D eigenvalue weighted by Gasteiger charge is 1.99. The van der Waals surface area contributed by atoms with Crippen LogP contribution in [0, 0.1) is 12.8 Å². The molecular weight excluding hydrogens is 985 g/mol. The average Bonchev–Trinajstić information content (AvgIpc) is 4.02. The molecule has 0 spiro atoms. The minimum atomic E-state index is -0.245. The number of esters is 3. The number of benzene rings is 4. The molecule has 4 aromatic carbocycles. The minimum Gasteiger partial charge on any atom is -0.469 e. The van der Waals surface area contributed by atoms with Gasteiger partial charge in [0.15, 0.2) is 5.11 Å². The van der Waals surface area contributed by atoms with Crippen molar-refractivity contribution in [3.8, 4) is 12.8 Å². The van der Waals surface area contributed by atoms with Gasteiger partial charge < -0.3 is 73.7 Å². The first kappa shape index (κ1) is 77.2. The Kier molecular flexibility index (Phi) is 58.0. The fourth-order valence-electron chi connectivity index (χ4n) is 3.70. The quantitative estimate of drug-likeness (QED) is 0.0198. The number of carbonyl (C=O) groups is 4. The Morgan fingerprint density at radius 1 is 0.689 bits per heavy atom. The van der Waals surface area contributed by atoms with Crippen LogP contribution in [0.25, 0.3) is 22.1 Å². The number of nitrogens with zero attached hydrogens (tertiary/aromatic N) is 3. The predicted molar refractivity (Wildman–Crippen MR) is 319 cm³/mol. The maximum atomic E-state index is 9.93. The molecule has 21 nitrogen and oxygen atoms in total. The van der Waals surface area contributed by atoms with Gasteiger partial charge >= 0.3 is 17.9 Å². The van der Waals surface area contributed by atoms with Gasteiger partial charge in [0.2, 0.25) is 17.8 Å². The van der Waals surface area contributed by atoms with E-state index in [4.69, 9.17) is 36.5 Å². The van der Waals surface area contributed by atoms with E-state index in [1.54, 1.807) is 26.2 Å². The number of imidazole rings is 2. The number of terminal acetylenes is 1. The number of H-pyrrole nitrogens is 2. The number of para-hydroxylation sites is 8. The number of isothiocyanates is 1. The van der Waals surface area contributed by atoms with Crippen molar-refractivity contribution < 1.29 is 34.8 Å². The number of nitrogens with two attached hydrogens (primary N) is 4. The van der Waals surface area contributed by atoms with E-state index in [1.165, 1.54) is 55.4 Å². The fourth-order valence-corrected chi connectivity index (χ4v) is 3.81. The number of aromatic amines is 2. The molecule has 0 bridgehead atoms. The summed E-state index contributed by atoms with van der Waals surface area (Å²) in [5.41, 5.74) is 28.2. The topological polar surface area (TPSA) is 330 Å². The van der Waals surface area contributed by atoms with Crippen LogP contribution in [0.1, 0.15) is 57.8 Å². The number of carbonyl (C=O) groups excluding carboxylic acids is 4. The van der Waals surface area contributed by atoms with Gasteiger partial charge in [-0.2, -0.15) is 0 Å². The number of aliphatic imine (C=N–C) groups is 1. The third-order valence-corrected chi connectivity index (χ3v) is 7.55. The Bertz CT molecular complexity index is 2290. The molecule has 0 aliphatic carbocycles. The third-order valence-electron chi connectivity index (χ3n) is 7.06. The number of hydrogen-bond donors (Lipinski definition) is 11. The van der Waals surface area contributed by atoms with E-state index >= 15 is 0 Å². The molecule has 0 fully saturated rings. The van der Waals surface area contributed by atoms with Crippen LogP contribution >= 0.6 is 24.4 Å². The Morgan fingerprint density at radius 3 is 1.20 bits per heavy atom. The second kappa shape index (κ2) is 55.6. The lowest BCUT2D eigenvalue weighted by atomic mass is 10.3. The van der Waals surface area contributed by atoms with Crippen LogP contribution in [0.3, 0.4) is 0 Å². The number of amides is 1. The summed E-state index contributed by atoms with van der Waals surface area (Å²) < 4.78 is 18.1. The van der Waals surface area contributed by atoms with Gasteiger partial charge in [0, 0.05) is 62.4 Å². The van der Waals surface area contributed by atoms with Crippen molar-refractivity contribution >= 4 is 115 Å². The summed E-state index contributed by atoms with van der Waals surface area (Å²) in [7, 11) is 11.1. The zero-order chi connectivity index (χ0) is 57.0. The van der Waals surface area contributed by atoms with Gasteiger partial charge in [-0.05, 0) is 86.4 Å². The third kappa shape index (κ3) is 48.7. The molecule has 0 radical (unpaired) electrons. The van der Waals surface area contributed by atoms with Gasteiger partial charge in [0.05, 0.1) is 71.3 Å². The second-order valence-electron chi connectivity index (χ2n) is 12.5. The maximum absolute atomic E-state index is 9.93. The van der Waals surface area contributed by atoms with E-state index in [9.17, 15) is 19.2 Å². The number of hydrogen-bond acceptors (Lipinski definition) is 18. The van der Waals surface area contributed by atoms with E-state index in [2.05, 4.69) is 89.5 Å². The van der Waals surface area contributed by atoms with Crippen molar-refractivity contribution in [2.45, 2.75) is 56.4 Å². The zero-order valence-electron chi connectivity index (χ0n) is 44.6. The summed E-state index contributed by atoms with van der Waals surface area (Å²) in [6.07, 6.45) is 5.76. The van der Waals surface area contributed by atoms with Crippen LogP contribution in [-0.4, -0.2) is 117 Å². The van der Waals surface area contributed by atoms with E-state index in [0.29, 0.717) is 22.2 Å². The fraction of sp³-hybridized carbons (Fsp3) is 0.333. The molecule has 23 heteroatoms. The summed E-state index contributed by atoms with van der Waals surface area (Å²) in [4.78, 5) is 56.8. The maximum Gasteiger partial charge on any atom is 0.302 e. The van der Waals surface area contributed by atoms with Gasteiger partial charge in [-0.1, -0.05) is 70.3 Å². The first-order valence-corrected chi connectivity index (χ1v) is 22.1. The largest absolute Gasteiger partial charge is 0.469 e. The molecule has 2 heterocycles. The van der Waals surface area contributed by atoms with Crippen molar-refractivity contribution in [2.75, 3.05) is 95.8 Å². The molecule has 0 aliphatic rings. The van der Waals surface area contributed by atoms with E-state index in [-0.39, 0.29) is 38.7 Å². The minimum absolute atomic E-state index is 0. The number of fused-ring (bicyclic) bond motifs is 2. The standard InChI is InChI=1S/C8H11N3S.2C8H9N3.C6H8N2.C4H9NO.3C3H6O2.C2H3NS.C2H7N.C2H2.2CH4/c1-10-8(12)11-7-5-3-2-4-6(7)9;2*1-9-8-10-6-4-2-3-5-7(6)11-8;7-5-3-1-2-4-6(5)8;1-3-5-4(2)6;3*1-3(4)5-2;1-3-2-4;1-2-3;1-2;;/h2-5H,9H2,1H3,(H2,10,11,12);2*2-5H,1H3,(H2,9,10,11);1-4H,7-8H2;3H2,1-2H3,(H,5,6);3*1-2H3;1H3;2-3H2,1H3;1-2H;2*1H4/i;;;;;;;;;;1D;;. The van der Waals surface area contributed by atoms with E-state index in [1.807, 2.05) is 113 Å². The molecule has 0 atom stereocenters. The normalized spacial score (nSPS) is 8.09. The van der Waals surface area contributed by atoms with Gasteiger partial charge in [0.1, 0.15) is 1.37 Å². The lowest BCUT2D eigenvalue weighted by Crippen LogP contribution is -2.24. The molecule has 6 aromatic rings. The van der Waals surface area contributed by atoms with Crippen molar-refractivity contribution in [1.82, 2.24) is 30.6 Å². The van der Waals surface area contributed by atoms with Gasteiger partial charge in [-0.25, -0.2) is 15.0 Å². The van der Waals surface area contributed by atoms with E-state index in [0.717, 1.165) is 52.7 Å². The van der Waals surface area contributed by atoms with Gasteiger partial charge in [0.25, 0.3) is 0 Å². The number of ether oxygens (including phenoxy) is 3. The lowest BCUT2D eigenvalue weighted by molar-refractivity contribution is -0.138. The lowest BCUT2D eigenvalue weighted by Gasteiger charge is -2.08.